The second kappa shape index (κ2) is 25.8. The number of nitrogens with one attached hydrogen (secondary N) is 1. The van der Waals surface area contributed by atoms with Crippen LogP contribution >= 0.6 is 23.2 Å². The number of carboxylic acid groups (broad SMARTS) is 1. The van der Waals surface area contributed by atoms with Crippen LogP contribution in [0.1, 0.15) is 74.9 Å². The number of carbonyl (C=O) groups is 2. The van der Waals surface area contributed by atoms with E-state index in [4.69, 9.17) is 47.3 Å². The summed E-state index contributed by atoms with van der Waals surface area (Å²) in [5, 5.41) is 42.0. The molecule has 3 N–H and O–H groups in total. The first kappa shape index (κ1) is 51.9. The number of aliphatic hydroxyl groups excluding tert-OH is 1. The molecule has 0 amide bonds. The number of nitrogens with zero attached hydrogens (tertiary/aromatic N) is 4. The van der Waals surface area contributed by atoms with Crippen LogP contribution < -0.4 is 24.3 Å². The van der Waals surface area contributed by atoms with Crippen molar-refractivity contribution in [3.8, 4) is 46.3 Å². The average Bonchev–Trinajstić information content (AvgIpc) is 3.35. The van der Waals surface area contributed by atoms with E-state index >= 15 is 0 Å². The summed E-state index contributed by atoms with van der Waals surface area (Å²) in [6.07, 6.45) is 9.23. The molecule has 0 aliphatic carbocycles. The van der Waals surface area contributed by atoms with Crippen LogP contribution in [0.5, 0.6) is 23.0 Å². The van der Waals surface area contributed by atoms with Crippen molar-refractivity contribution in [3.63, 3.8) is 0 Å². The van der Waals surface area contributed by atoms with Crippen molar-refractivity contribution in [3.05, 3.63) is 175 Å². The number of aliphatic carboxylic acids is 1. The van der Waals surface area contributed by atoms with Gasteiger partial charge in [0.25, 0.3) is 0 Å². The Labute approximate surface area is 416 Å². The molecule has 6 rings (SSSR count). The largest absolute Gasteiger partial charge is 0.488 e. The van der Waals surface area contributed by atoms with Gasteiger partial charge in [-0.05, 0) is 96.3 Å². The highest BCUT2D eigenvalue weighted by molar-refractivity contribution is 6.32. The highest BCUT2D eigenvalue weighted by Gasteiger charge is 2.18. The molecule has 0 saturated heterocycles. The number of pyridine rings is 2. The van der Waals surface area contributed by atoms with Crippen LogP contribution in [0.3, 0.4) is 0 Å². The molecular formula is C54H51Cl2N5O9. The number of benzene rings is 4. The van der Waals surface area contributed by atoms with Gasteiger partial charge in [-0.1, -0.05) is 65.7 Å². The number of hydrogen-bond acceptors (Lipinski definition) is 13. The lowest BCUT2D eigenvalue weighted by molar-refractivity contribution is -0.143. The van der Waals surface area contributed by atoms with Crippen LogP contribution in [0.2, 0.25) is 10.0 Å². The third-order valence-electron chi connectivity index (χ3n) is 11.3. The normalized spacial score (nSPS) is 11.4. The number of carboxylic acids is 1. The topological polar surface area (TPSA) is 206 Å². The molecule has 2 heterocycles. The molecule has 6 aromatic rings. The van der Waals surface area contributed by atoms with E-state index in [2.05, 4.69) is 44.3 Å². The van der Waals surface area contributed by atoms with Crippen LogP contribution in [0.4, 0.5) is 0 Å². The minimum Gasteiger partial charge on any atom is -0.488 e. The van der Waals surface area contributed by atoms with Crippen molar-refractivity contribution in [2.75, 3.05) is 13.7 Å². The fourth-order valence-corrected chi connectivity index (χ4v) is 7.96. The van der Waals surface area contributed by atoms with Crippen LogP contribution in [-0.4, -0.2) is 51.9 Å². The van der Waals surface area contributed by atoms with E-state index < -0.39 is 18.0 Å². The van der Waals surface area contributed by atoms with Crippen LogP contribution in [0.15, 0.2) is 110 Å². The SMILES string of the molecule is COC(=O)CC(O)CCCc1cc(Cl)c(OCc2cccc(-c3cccc(COc4cc(OCc5cncc(C#N)c5)c(CNC/C=C\C(=O)O)cc4Cl)c3C)c2C)cc1OCc1cncc(C#N)c1. The van der Waals surface area contributed by atoms with E-state index in [9.17, 15) is 25.2 Å². The maximum absolute atomic E-state index is 11.7. The van der Waals surface area contributed by atoms with Gasteiger partial charge in [0.1, 0.15) is 61.6 Å². The summed E-state index contributed by atoms with van der Waals surface area (Å²) < 4.78 is 30.0. The van der Waals surface area contributed by atoms with E-state index in [0.717, 1.165) is 50.6 Å². The predicted octanol–water partition coefficient (Wildman–Crippen LogP) is 10.1. The number of hydrogen-bond donors (Lipinski definition) is 3. The molecule has 1 atom stereocenters. The van der Waals surface area contributed by atoms with Gasteiger partial charge in [0.05, 0.1) is 40.8 Å². The maximum Gasteiger partial charge on any atom is 0.328 e. The first-order valence-corrected chi connectivity index (χ1v) is 23.0. The summed E-state index contributed by atoms with van der Waals surface area (Å²) in [6, 6.07) is 26.7. The Kier molecular flexibility index (Phi) is 19.1. The summed E-state index contributed by atoms with van der Waals surface area (Å²) >= 11 is 13.7. The minimum absolute atomic E-state index is 0.0982. The predicted molar refractivity (Wildman–Crippen MR) is 264 cm³/mol. The van der Waals surface area contributed by atoms with Gasteiger partial charge in [0, 0.05) is 72.8 Å². The molecular weight excluding hydrogens is 934 g/mol. The third-order valence-corrected chi connectivity index (χ3v) is 11.9. The van der Waals surface area contributed by atoms with Gasteiger partial charge in [-0.3, -0.25) is 14.8 Å². The Bertz CT molecular complexity index is 2930. The monoisotopic (exact) mass is 983 g/mol. The zero-order valence-corrected chi connectivity index (χ0v) is 40.3. The number of ether oxygens (including phenoxy) is 5. The average molecular weight is 985 g/mol. The quantitative estimate of drug-likeness (QED) is 0.0293. The van der Waals surface area contributed by atoms with E-state index in [1.54, 1.807) is 48.8 Å². The smallest absolute Gasteiger partial charge is 0.328 e. The maximum atomic E-state index is 11.7. The van der Waals surface area contributed by atoms with E-state index in [0.29, 0.717) is 87.6 Å². The number of aromatic nitrogens is 2. The van der Waals surface area contributed by atoms with Crippen LogP contribution in [-0.2, 0) is 53.7 Å². The number of halogens is 2. The molecule has 2 aromatic heterocycles. The van der Waals surface area contributed by atoms with Gasteiger partial charge < -0.3 is 39.2 Å². The van der Waals surface area contributed by atoms with Gasteiger partial charge >= 0.3 is 11.9 Å². The fourth-order valence-electron chi connectivity index (χ4n) is 7.48. The third kappa shape index (κ3) is 14.8. The molecule has 360 valence electrons. The molecule has 16 heteroatoms. The van der Waals surface area contributed by atoms with Crippen molar-refractivity contribution in [1.29, 1.82) is 10.5 Å². The molecule has 0 bridgehead atoms. The van der Waals surface area contributed by atoms with E-state index in [1.807, 2.05) is 38.1 Å². The summed E-state index contributed by atoms with van der Waals surface area (Å²) in [4.78, 5) is 30.9. The van der Waals surface area contributed by atoms with Crippen molar-refractivity contribution in [2.24, 2.45) is 0 Å². The Morgan fingerprint density at radius 2 is 1.23 bits per heavy atom. The fraction of sp³-hybridized carbons (Fsp3) is 0.259. The summed E-state index contributed by atoms with van der Waals surface area (Å²) in [5.41, 5.74) is 9.61. The second-order valence-electron chi connectivity index (χ2n) is 16.2. The highest BCUT2D eigenvalue weighted by atomic mass is 35.5. The van der Waals surface area contributed by atoms with Crippen LogP contribution in [0, 0.1) is 36.5 Å². The Morgan fingerprint density at radius 1 is 0.714 bits per heavy atom. The summed E-state index contributed by atoms with van der Waals surface area (Å²) in [6.45, 7) is 5.36. The lowest BCUT2D eigenvalue weighted by Crippen LogP contribution is -2.14. The molecule has 4 aromatic carbocycles. The van der Waals surface area contributed by atoms with Crippen molar-refractivity contribution < 1.29 is 43.5 Å². The van der Waals surface area contributed by atoms with Crippen molar-refractivity contribution in [1.82, 2.24) is 15.3 Å². The molecule has 0 fully saturated rings. The molecule has 0 aliphatic rings. The molecule has 0 saturated carbocycles. The summed E-state index contributed by atoms with van der Waals surface area (Å²) in [5.74, 6) is 0.291. The van der Waals surface area contributed by atoms with Gasteiger partial charge in [-0.2, -0.15) is 10.5 Å². The van der Waals surface area contributed by atoms with Crippen molar-refractivity contribution >= 4 is 35.1 Å². The number of rotatable bonds is 24. The lowest BCUT2D eigenvalue weighted by atomic mass is 9.92. The van der Waals surface area contributed by atoms with Gasteiger partial charge in [-0.25, -0.2) is 4.79 Å². The van der Waals surface area contributed by atoms with Gasteiger partial charge in [-0.15, -0.1) is 0 Å². The Morgan fingerprint density at radius 3 is 1.74 bits per heavy atom. The highest BCUT2D eigenvalue weighted by Crippen LogP contribution is 2.38. The first-order chi connectivity index (χ1) is 33.8. The van der Waals surface area contributed by atoms with E-state index in [-0.39, 0.29) is 32.8 Å². The summed E-state index contributed by atoms with van der Waals surface area (Å²) in [7, 11) is 1.28. The Hall–Kier alpha value is -7.46. The zero-order valence-electron chi connectivity index (χ0n) is 38.8. The number of methoxy groups -OCH3 is 1. The number of aliphatic hydroxyl groups is 1. The number of nitriles is 2. The lowest BCUT2D eigenvalue weighted by Gasteiger charge is -2.19. The Balaban J connectivity index is 1.18. The van der Waals surface area contributed by atoms with Crippen LogP contribution in [0.25, 0.3) is 11.1 Å². The molecule has 0 aliphatic heterocycles. The molecule has 14 nitrogen and oxygen atoms in total. The molecule has 70 heavy (non-hydrogen) atoms. The number of carbonyl (C=O) groups excluding carboxylic acids is 1. The van der Waals surface area contributed by atoms with Crippen molar-refractivity contribution in [2.45, 2.75) is 78.6 Å². The standard InChI is InChI=1S/C54H51Cl2N5O9/c1-34-41(32-69-51-21-49(67-30-38-16-36(23-57)25-60-27-38)40(18-47(51)55)8-4-11-44(62)20-54(65)66-3)9-5-12-45(34)46-13-6-10-42(35(46)2)33-70-52-22-50(68-31-39-17-37(24-58)26-61-28-39)43(19-48(52)56)29-59-15-7-14-53(63)64/h5-7,9-10,12-14,16-19,21-22,25-28,44,59,62H,4,8,11,15,20,29-33H2,1-3H3,(H,63,64)/b14-7-. The minimum atomic E-state index is -1.04. The van der Waals surface area contributed by atoms with E-state index in [1.165, 1.54) is 25.6 Å². The molecule has 0 radical (unpaired) electrons. The van der Waals surface area contributed by atoms with Gasteiger partial charge in [0.15, 0.2) is 0 Å². The molecule has 0 spiro atoms. The number of esters is 1. The second-order valence-corrected chi connectivity index (χ2v) is 17.0. The number of aryl methyl sites for hydroxylation is 1. The first-order valence-electron chi connectivity index (χ1n) is 22.2. The zero-order chi connectivity index (χ0) is 50.0. The molecule has 1 unspecified atom stereocenters. The van der Waals surface area contributed by atoms with Gasteiger partial charge in [0.2, 0.25) is 0 Å².